The monoisotopic (exact) mass is 345 g/mol. The van der Waals surface area contributed by atoms with Gasteiger partial charge in [0.2, 0.25) is 5.90 Å². The third kappa shape index (κ3) is 3.82. The second kappa shape index (κ2) is 7.12. The number of methoxy groups -OCH3 is 1. The van der Waals surface area contributed by atoms with E-state index in [1.165, 1.54) is 25.3 Å². The fourth-order valence-electron chi connectivity index (χ4n) is 2.24. The molecule has 2 aromatic rings. The summed E-state index contributed by atoms with van der Waals surface area (Å²) in [6.45, 7) is -2.97. The van der Waals surface area contributed by atoms with Gasteiger partial charge in [0.15, 0.2) is 5.70 Å². The normalized spacial score (nSPS) is 15.3. The van der Waals surface area contributed by atoms with Crippen LogP contribution in [-0.4, -0.2) is 25.6 Å². The smallest absolute Gasteiger partial charge is 0.387 e. The molecule has 0 saturated heterocycles. The fourth-order valence-corrected chi connectivity index (χ4v) is 2.24. The number of nitrogens with zero attached hydrogens (tertiary/aromatic N) is 1. The van der Waals surface area contributed by atoms with Crippen LogP contribution in [0.4, 0.5) is 8.78 Å². The highest BCUT2D eigenvalue weighted by atomic mass is 19.3. The Kier molecular flexibility index (Phi) is 4.74. The van der Waals surface area contributed by atoms with E-state index in [1.807, 2.05) is 0 Å². The molecule has 1 aliphatic heterocycles. The van der Waals surface area contributed by atoms with Gasteiger partial charge in [-0.2, -0.15) is 8.78 Å². The maximum Gasteiger partial charge on any atom is 0.387 e. The van der Waals surface area contributed by atoms with Crippen LogP contribution in [0, 0.1) is 0 Å². The number of para-hydroxylation sites is 1. The summed E-state index contributed by atoms with van der Waals surface area (Å²) in [5.74, 6) is -0.0285. The molecule has 0 fully saturated rings. The standard InChI is InChI=1S/C18H13F2NO4/c1-23-13-7-4-6-12(9-13)16-21-14(17(22)25-16)10-11-5-2-3-8-15(11)24-18(19)20/h2-10,18H,1H3/b14-10+. The topological polar surface area (TPSA) is 57.1 Å². The molecule has 5 nitrogen and oxygen atoms in total. The van der Waals surface area contributed by atoms with Crippen molar-refractivity contribution in [1.82, 2.24) is 0 Å². The highest BCUT2D eigenvalue weighted by Gasteiger charge is 2.25. The van der Waals surface area contributed by atoms with E-state index in [0.29, 0.717) is 16.9 Å². The first kappa shape index (κ1) is 16.6. The molecule has 0 aliphatic carbocycles. The van der Waals surface area contributed by atoms with Gasteiger partial charge in [-0.1, -0.05) is 24.3 Å². The largest absolute Gasteiger partial charge is 0.497 e. The summed E-state index contributed by atoms with van der Waals surface area (Å²) in [6, 6.07) is 13.0. The molecule has 0 bridgehead atoms. The number of aliphatic imine (C=N–C) groups is 1. The van der Waals surface area contributed by atoms with E-state index in [2.05, 4.69) is 9.73 Å². The molecule has 0 spiro atoms. The van der Waals surface area contributed by atoms with Gasteiger partial charge in [-0.05, 0) is 30.3 Å². The first-order chi connectivity index (χ1) is 12.1. The summed E-state index contributed by atoms with van der Waals surface area (Å²) in [4.78, 5) is 16.2. The number of hydrogen-bond acceptors (Lipinski definition) is 5. The maximum atomic E-state index is 12.5. The summed E-state index contributed by atoms with van der Waals surface area (Å²) >= 11 is 0. The van der Waals surface area contributed by atoms with Gasteiger partial charge in [0.05, 0.1) is 7.11 Å². The van der Waals surface area contributed by atoms with Crippen molar-refractivity contribution >= 4 is 17.9 Å². The Morgan fingerprint density at radius 2 is 1.96 bits per heavy atom. The van der Waals surface area contributed by atoms with Crippen molar-refractivity contribution < 1.29 is 27.8 Å². The number of alkyl halides is 2. The average Bonchev–Trinajstić information content (AvgIpc) is 2.97. The second-order valence-corrected chi connectivity index (χ2v) is 4.98. The third-order valence-corrected chi connectivity index (χ3v) is 3.36. The molecular formula is C18H13F2NO4. The number of hydrogen-bond donors (Lipinski definition) is 0. The zero-order chi connectivity index (χ0) is 17.8. The molecule has 2 aromatic carbocycles. The zero-order valence-corrected chi connectivity index (χ0v) is 13.1. The number of esters is 1. The predicted molar refractivity (Wildman–Crippen MR) is 86.7 cm³/mol. The number of carbonyl (C=O) groups excluding carboxylic acids is 1. The molecule has 25 heavy (non-hydrogen) atoms. The number of rotatable bonds is 5. The van der Waals surface area contributed by atoms with Gasteiger partial charge in [-0.3, -0.25) is 0 Å². The van der Waals surface area contributed by atoms with E-state index in [-0.39, 0.29) is 17.3 Å². The molecule has 0 N–H and O–H groups in total. The Balaban J connectivity index is 1.94. The van der Waals surface area contributed by atoms with E-state index in [4.69, 9.17) is 9.47 Å². The molecule has 0 radical (unpaired) electrons. The molecule has 128 valence electrons. The second-order valence-electron chi connectivity index (χ2n) is 4.98. The first-order valence-corrected chi connectivity index (χ1v) is 7.27. The van der Waals surface area contributed by atoms with Crippen molar-refractivity contribution in [2.24, 2.45) is 4.99 Å². The van der Waals surface area contributed by atoms with E-state index in [9.17, 15) is 13.6 Å². The highest BCUT2D eigenvalue weighted by Crippen LogP contribution is 2.26. The number of benzene rings is 2. The Labute approximate surface area is 142 Å². The van der Waals surface area contributed by atoms with Crippen LogP contribution in [0.2, 0.25) is 0 Å². The molecule has 0 amide bonds. The Bertz CT molecular complexity index is 862. The van der Waals surface area contributed by atoms with Crippen LogP contribution >= 0.6 is 0 Å². The number of halogens is 2. The molecular weight excluding hydrogens is 332 g/mol. The van der Waals surface area contributed by atoms with Gasteiger partial charge >= 0.3 is 12.6 Å². The summed E-state index contributed by atoms with van der Waals surface area (Å²) in [7, 11) is 1.52. The molecule has 7 heteroatoms. The van der Waals surface area contributed by atoms with Crippen molar-refractivity contribution in [3.8, 4) is 11.5 Å². The van der Waals surface area contributed by atoms with Crippen molar-refractivity contribution in [3.63, 3.8) is 0 Å². The van der Waals surface area contributed by atoms with Crippen LogP contribution in [0.3, 0.4) is 0 Å². The van der Waals surface area contributed by atoms with E-state index < -0.39 is 12.6 Å². The minimum Gasteiger partial charge on any atom is -0.497 e. The van der Waals surface area contributed by atoms with Crippen molar-refractivity contribution in [2.75, 3.05) is 7.11 Å². The van der Waals surface area contributed by atoms with Gasteiger partial charge in [0.25, 0.3) is 0 Å². The van der Waals surface area contributed by atoms with Gasteiger partial charge in [0, 0.05) is 11.1 Å². The van der Waals surface area contributed by atoms with Crippen LogP contribution in [0.25, 0.3) is 6.08 Å². The molecule has 3 rings (SSSR count). The summed E-state index contributed by atoms with van der Waals surface area (Å²) < 4.78 is 39.7. The molecule has 0 aromatic heterocycles. The lowest BCUT2D eigenvalue weighted by Gasteiger charge is -2.07. The lowest BCUT2D eigenvalue weighted by molar-refractivity contribution is -0.129. The Morgan fingerprint density at radius 1 is 1.16 bits per heavy atom. The quantitative estimate of drug-likeness (QED) is 0.613. The molecule has 1 aliphatic rings. The summed E-state index contributed by atoms with van der Waals surface area (Å²) in [5, 5.41) is 0. The van der Waals surface area contributed by atoms with Crippen molar-refractivity contribution in [2.45, 2.75) is 6.61 Å². The zero-order valence-electron chi connectivity index (χ0n) is 13.1. The summed E-state index contributed by atoms with van der Waals surface area (Å²) in [6.07, 6.45) is 1.34. The molecule has 0 saturated carbocycles. The van der Waals surface area contributed by atoms with Gasteiger partial charge < -0.3 is 14.2 Å². The van der Waals surface area contributed by atoms with Gasteiger partial charge in [-0.25, -0.2) is 9.79 Å². The number of ether oxygens (including phenoxy) is 3. The fraction of sp³-hybridized carbons (Fsp3) is 0.111. The molecule has 1 heterocycles. The minimum absolute atomic E-state index is 0.0110. The highest BCUT2D eigenvalue weighted by molar-refractivity contribution is 6.13. The third-order valence-electron chi connectivity index (χ3n) is 3.36. The number of carbonyl (C=O) groups is 1. The Morgan fingerprint density at radius 3 is 2.72 bits per heavy atom. The van der Waals surface area contributed by atoms with E-state index in [1.54, 1.807) is 36.4 Å². The van der Waals surface area contributed by atoms with Crippen LogP contribution < -0.4 is 9.47 Å². The van der Waals surface area contributed by atoms with Crippen molar-refractivity contribution in [1.29, 1.82) is 0 Å². The predicted octanol–water partition coefficient (Wildman–Crippen LogP) is 3.64. The van der Waals surface area contributed by atoms with Crippen molar-refractivity contribution in [3.05, 3.63) is 65.4 Å². The first-order valence-electron chi connectivity index (χ1n) is 7.27. The lowest BCUT2D eigenvalue weighted by atomic mass is 10.1. The summed E-state index contributed by atoms with van der Waals surface area (Å²) in [5.41, 5.74) is 0.849. The van der Waals surface area contributed by atoms with Gasteiger partial charge in [0.1, 0.15) is 11.5 Å². The van der Waals surface area contributed by atoms with Crippen LogP contribution in [0.1, 0.15) is 11.1 Å². The van der Waals surface area contributed by atoms with Crippen LogP contribution in [0.15, 0.2) is 59.2 Å². The SMILES string of the molecule is COc1cccc(C2=N/C(=C/c3ccccc3OC(F)F)C(=O)O2)c1. The maximum absolute atomic E-state index is 12.5. The molecule has 0 atom stereocenters. The van der Waals surface area contributed by atoms with E-state index >= 15 is 0 Å². The van der Waals surface area contributed by atoms with E-state index in [0.717, 1.165) is 0 Å². The average molecular weight is 345 g/mol. The Hall–Kier alpha value is -3.22. The van der Waals surface area contributed by atoms with Gasteiger partial charge in [-0.15, -0.1) is 0 Å². The minimum atomic E-state index is -2.97. The number of cyclic esters (lactones) is 1. The van der Waals surface area contributed by atoms with Crippen LogP contribution in [0.5, 0.6) is 11.5 Å². The lowest BCUT2D eigenvalue weighted by Crippen LogP contribution is -2.05. The van der Waals surface area contributed by atoms with Crippen LogP contribution in [-0.2, 0) is 9.53 Å². The molecule has 0 unspecified atom stereocenters.